The summed E-state index contributed by atoms with van der Waals surface area (Å²) in [6.45, 7) is 3.03. The first-order valence-corrected chi connectivity index (χ1v) is 5.65. The Morgan fingerprint density at radius 2 is 2.31 bits per heavy atom. The van der Waals surface area contributed by atoms with E-state index in [1.165, 1.54) is 0 Å². The van der Waals surface area contributed by atoms with Gasteiger partial charge in [-0.05, 0) is 12.5 Å². The van der Waals surface area contributed by atoms with Crippen molar-refractivity contribution in [1.82, 2.24) is 4.98 Å². The van der Waals surface area contributed by atoms with Gasteiger partial charge in [0.1, 0.15) is 11.7 Å². The monoisotopic (exact) mass is 240 g/mol. The molecule has 0 unspecified atom stereocenters. The van der Waals surface area contributed by atoms with E-state index in [9.17, 15) is 0 Å². The number of anilines is 1. The molecule has 16 heavy (non-hydrogen) atoms. The molecular weight excluding hydrogens is 224 g/mol. The lowest BCUT2D eigenvalue weighted by Crippen LogP contribution is -2.21. The molecule has 0 radical (unpaired) electrons. The number of amidine groups is 1. The van der Waals surface area contributed by atoms with Crippen molar-refractivity contribution in [3.8, 4) is 0 Å². The molecule has 5 heteroatoms. The summed E-state index contributed by atoms with van der Waals surface area (Å²) in [5.74, 6) is 0.653. The maximum absolute atomic E-state index is 7.40. The van der Waals surface area contributed by atoms with Crippen LogP contribution in [0.15, 0.2) is 12.3 Å². The standard InChI is InChI=1S/C11H17ClN4/c1-3-4-7-16(2)11-9(12)8(10(13)14)5-6-15-11/h5-6H,3-4,7H2,1-2H3,(H3,13,14). The Kier molecular flexibility index (Phi) is 4.55. The number of hydrogen-bond acceptors (Lipinski definition) is 3. The van der Waals surface area contributed by atoms with Crippen LogP contribution in [-0.2, 0) is 0 Å². The van der Waals surface area contributed by atoms with Crippen molar-refractivity contribution in [3.05, 3.63) is 22.8 Å². The van der Waals surface area contributed by atoms with E-state index < -0.39 is 0 Å². The molecule has 3 N–H and O–H groups in total. The van der Waals surface area contributed by atoms with Crippen LogP contribution in [0.4, 0.5) is 5.82 Å². The SMILES string of the molecule is CCCCN(C)c1nccc(C(=N)N)c1Cl. The molecule has 1 aromatic heterocycles. The van der Waals surface area contributed by atoms with Crippen LogP contribution in [0.3, 0.4) is 0 Å². The van der Waals surface area contributed by atoms with E-state index in [4.69, 9.17) is 22.7 Å². The second kappa shape index (κ2) is 5.70. The van der Waals surface area contributed by atoms with Gasteiger partial charge in [-0.15, -0.1) is 0 Å². The molecule has 1 heterocycles. The van der Waals surface area contributed by atoms with E-state index in [0.717, 1.165) is 19.4 Å². The lowest BCUT2D eigenvalue weighted by atomic mass is 10.2. The van der Waals surface area contributed by atoms with Crippen LogP contribution in [-0.4, -0.2) is 24.4 Å². The number of unbranched alkanes of at least 4 members (excludes halogenated alkanes) is 1. The Bertz CT molecular complexity index is 378. The summed E-state index contributed by atoms with van der Waals surface area (Å²) in [7, 11) is 1.94. The smallest absolute Gasteiger partial charge is 0.147 e. The third kappa shape index (κ3) is 2.85. The van der Waals surface area contributed by atoms with Crippen molar-refractivity contribution in [1.29, 1.82) is 5.41 Å². The second-order valence-corrected chi connectivity index (χ2v) is 4.06. The van der Waals surface area contributed by atoms with Crippen LogP contribution < -0.4 is 10.6 Å². The number of rotatable bonds is 5. The van der Waals surface area contributed by atoms with Crippen molar-refractivity contribution in [3.63, 3.8) is 0 Å². The van der Waals surface area contributed by atoms with Gasteiger partial charge in [-0.3, -0.25) is 5.41 Å². The highest BCUT2D eigenvalue weighted by atomic mass is 35.5. The number of nitrogens with zero attached hydrogens (tertiary/aromatic N) is 2. The zero-order chi connectivity index (χ0) is 12.1. The van der Waals surface area contributed by atoms with Crippen LogP contribution in [0.5, 0.6) is 0 Å². The fraction of sp³-hybridized carbons (Fsp3) is 0.455. The van der Waals surface area contributed by atoms with Gasteiger partial charge in [0, 0.05) is 25.4 Å². The Balaban J connectivity index is 2.96. The maximum atomic E-state index is 7.40. The first kappa shape index (κ1) is 12.8. The third-order valence-electron chi connectivity index (χ3n) is 2.37. The van der Waals surface area contributed by atoms with E-state index in [0.29, 0.717) is 16.4 Å². The fourth-order valence-electron chi connectivity index (χ4n) is 1.41. The van der Waals surface area contributed by atoms with Crippen LogP contribution in [0.1, 0.15) is 25.3 Å². The van der Waals surface area contributed by atoms with E-state index >= 15 is 0 Å². The predicted molar refractivity (Wildman–Crippen MR) is 68.4 cm³/mol. The fourth-order valence-corrected chi connectivity index (χ4v) is 1.77. The molecule has 0 saturated heterocycles. The first-order chi connectivity index (χ1) is 7.57. The van der Waals surface area contributed by atoms with E-state index in [1.807, 2.05) is 11.9 Å². The zero-order valence-electron chi connectivity index (χ0n) is 9.63. The van der Waals surface area contributed by atoms with Gasteiger partial charge in [-0.2, -0.15) is 0 Å². The molecule has 88 valence electrons. The molecule has 0 aromatic carbocycles. The van der Waals surface area contributed by atoms with Crippen LogP contribution in [0.2, 0.25) is 5.02 Å². The van der Waals surface area contributed by atoms with Crippen molar-refractivity contribution < 1.29 is 0 Å². The Morgan fingerprint density at radius 1 is 1.62 bits per heavy atom. The van der Waals surface area contributed by atoms with Crippen molar-refractivity contribution in [2.24, 2.45) is 5.73 Å². The van der Waals surface area contributed by atoms with Crippen molar-refractivity contribution in [2.75, 3.05) is 18.5 Å². The highest BCUT2D eigenvalue weighted by Gasteiger charge is 2.12. The highest BCUT2D eigenvalue weighted by Crippen LogP contribution is 2.25. The average Bonchev–Trinajstić information content (AvgIpc) is 2.25. The molecule has 0 aliphatic heterocycles. The molecule has 0 aliphatic carbocycles. The summed E-state index contributed by atoms with van der Waals surface area (Å²) in [4.78, 5) is 6.20. The predicted octanol–water partition coefficient (Wildman–Crippen LogP) is 2.26. The van der Waals surface area contributed by atoms with Gasteiger partial charge < -0.3 is 10.6 Å². The van der Waals surface area contributed by atoms with Crippen LogP contribution in [0.25, 0.3) is 0 Å². The summed E-state index contributed by atoms with van der Waals surface area (Å²) in [5, 5.41) is 7.85. The van der Waals surface area contributed by atoms with Crippen molar-refractivity contribution >= 4 is 23.3 Å². The van der Waals surface area contributed by atoms with Gasteiger partial charge in [0.05, 0.1) is 5.02 Å². The molecule has 1 rings (SSSR count). The largest absolute Gasteiger partial charge is 0.384 e. The minimum atomic E-state index is -0.0301. The minimum absolute atomic E-state index is 0.0301. The van der Waals surface area contributed by atoms with Gasteiger partial charge >= 0.3 is 0 Å². The third-order valence-corrected chi connectivity index (χ3v) is 2.74. The molecule has 0 aliphatic rings. The van der Waals surface area contributed by atoms with Gasteiger partial charge in [0.15, 0.2) is 0 Å². The average molecular weight is 241 g/mol. The highest BCUT2D eigenvalue weighted by molar-refractivity contribution is 6.36. The van der Waals surface area contributed by atoms with Crippen LogP contribution in [0, 0.1) is 5.41 Å². The molecule has 0 atom stereocenters. The summed E-state index contributed by atoms with van der Waals surface area (Å²) >= 11 is 6.15. The maximum Gasteiger partial charge on any atom is 0.147 e. The molecule has 1 aromatic rings. The Labute approximate surface area is 101 Å². The summed E-state index contributed by atoms with van der Waals surface area (Å²) in [5.41, 5.74) is 5.97. The van der Waals surface area contributed by atoms with Gasteiger partial charge in [0.25, 0.3) is 0 Å². The number of halogens is 1. The summed E-state index contributed by atoms with van der Waals surface area (Å²) in [6.07, 6.45) is 3.83. The molecule has 0 saturated carbocycles. The number of pyridine rings is 1. The minimum Gasteiger partial charge on any atom is -0.384 e. The molecule has 0 amide bonds. The molecular formula is C11H17ClN4. The lowest BCUT2D eigenvalue weighted by Gasteiger charge is -2.19. The molecule has 4 nitrogen and oxygen atoms in total. The normalized spacial score (nSPS) is 10.2. The first-order valence-electron chi connectivity index (χ1n) is 5.28. The molecule has 0 fully saturated rings. The van der Waals surface area contributed by atoms with E-state index in [2.05, 4.69) is 11.9 Å². The van der Waals surface area contributed by atoms with E-state index in [1.54, 1.807) is 12.3 Å². The van der Waals surface area contributed by atoms with Gasteiger partial charge in [0.2, 0.25) is 0 Å². The second-order valence-electron chi connectivity index (χ2n) is 3.68. The molecule has 0 bridgehead atoms. The van der Waals surface area contributed by atoms with E-state index in [-0.39, 0.29) is 5.84 Å². The Hall–Kier alpha value is -1.29. The number of aromatic nitrogens is 1. The van der Waals surface area contributed by atoms with Gasteiger partial charge in [-0.25, -0.2) is 4.98 Å². The van der Waals surface area contributed by atoms with Crippen LogP contribution >= 0.6 is 11.6 Å². The lowest BCUT2D eigenvalue weighted by molar-refractivity contribution is 0.759. The number of nitrogen functional groups attached to an aromatic ring is 1. The summed E-state index contributed by atoms with van der Waals surface area (Å²) in [6, 6.07) is 1.65. The van der Waals surface area contributed by atoms with Crippen molar-refractivity contribution in [2.45, 2.75) is 19.8 Å². The topological polar surface area (TPSA) is 66.0 Å². The quantitative estimate of drug-likeness (QED) is 0.613. The number of nitrogens with two attached hydrogens (primary N) is 1. The number of nitrogens with one attached hydrogen (secondary N) is 1. The van der Waals surface area contributed by atoms with Gasteiger partial charge in [-0.1, -0.05) is 24.9 Å². The zero-order valence-corrected chi connectivity index (χ0v) is 10.4. The molecule has 0 spiro atoms. The Morgan fingerprint density at radius 3 is 2.88 bits per heavy atom. The summed E-state index contributed by atoms with van der Waals surface area (Å²) < 4.78 is 0. The number of hydrogen-bond donors (Lipinski definition) is 2.